The van der Waals surface area contributed by atoms with E-state index in [0.29, 0.717) is 19.3 Å². The van der Waals surface area contributed by atoms with Gasteiger partial charge in [0.25, 0.3) is 5.91 Å². The van der Waals surface area contributed by atoms with Crippen molar-refractivity contribution < 1.29 is 27.2 Å². The normalized spacial score (nSPS) is 24.3. The molecule has 1 fully saturated rings. The van der Waals surface area contributed by atoms with Gasteiger partial charge in [-0.1, -0.05) is 28.8 Å². The Hall–Kier alpha value is -0.660. The summed E-state index contributed by atoms with van der Waals surface area (Å²) in [6.45, 7) is 0. The third-order valence-corrected chi connectivity index (χ3v) is 3.76. The van der Waals surface area contributed by atoms with Gasteiger partial charge >= 0.3 is 12.3 Å². The molecule has 1 rings (SSSR count). The van der Waals surface area contributed by atoms with E-state index in [-0.39, 0.29) is 11.1 Å². The van der Waals surface area contributed by atoms with Crippen molar-refractivity contribution >= 4 is 27.6 Å². The Bertz CT molecular complexity index is 352. The van der Waals surface area contributed by atoms with Crippen LogP contribution in [0.5, 0.6) is 0 Å². The maximum absolute atomic E-state index is 12.8. The standard InChI is InChI=1S/C11H14BrF4NO2/c12-5-8(18)6-3-1-2-4-7(6)17-10(19)11(15,16)9(13)14/h6-7,9H,1-5H2,(H,17,19). The molecular weight excluding hydrogens is 334 g/mol. The number of amides is 1. The second-order valence-electron chi connectivity index (χ2n) is 4.49. The SMILES string of the molecule is O=C(CBr)C1CCCCC1NC(=O)C(F)(F)C(F)F. The van der Waals surface area contributed by atoms with Crippen LogP contribution in [0, 0.1) is 5.92 Å². The van der Waals surface area contributed by atoms with E-state index in [1.807, 2.05) is 5.32 Å². The molecule has 3 nitrogen and oxygen atoms in total. The van der Waals surface area contributed by atoms with Gasteiger partial charge in [0, 0.05) is 12.0 Å². The number of halogens is 5. The van der Waals surface area contributed by atoms with Crippen LogP contribution in [0.25, 0.3) is 0 Å². The highest BCUT2D eigenvalue weighted by Crippen LogP contribution is 2.28. The van der Waals surface area contributed by atoms with Crippen LogP contribution in [0.1, 0.15) is 25.7 Å². The number of ketones is 1. The van der Waals surface area contributed by atoms with E-state index in [9.17, 15) is 27.2 Å². The molecule has 0 radical (unpaired) electrons. The fourth-order valence-corrected chi connectivity index (χ4v) is 2.57. The van der Waals surface area contributed by atoms with Crippen LogP contribution in [-0.2, 0) is 9.59 Å². The van der Waals surface area contributed by atoms with E-state index in [1.54, 1.807) is 0 Å². The molecule has 1 aliphatic rings. The van der Waals surface area contributed by atoms with Gasteiger partial charge in [0.15, 0.2) is 0 Å². The summed E-state index contributed by atoms with van der Waals surface area (Å²) in [6, 6.07) is -0.795. The van der Waals surface area contributed by atoms with Crippen molar-refractivity contribution in [3.63, 3.8) is 0 Å². The van der Waals surface area contributed by atoms with E-state index in [1.165, 1.54) is 0 Å². The Kier molecular flexibility index (Phi) is 5.76. The van der Waals surface area contributed by atoms with Gasteiger partial charge in [-0.25, -0.2) is 8.78 Å². The summed E-state index contributed by atoms with van der Waals surface area (Å²) in [6.07, 6.45) is -1.83. The molecule has 0 aromatic carbocycles. The van der Waals surface area contributed by atoms with Crippen LogP contribution in [0.2, 0.25) is 0 Å². The van der Waals surface area contributed by atoms with Gasteiger partial charge in [-0.3, -0.25) is 9.59 Å². The van der Waals surface area contributed by atoms with Crippen LogP contribution >= 0.6 is 15.9 Å². The molecule has 2 unspecified atom stereocenters. The third-order valence-electron chi connectivity index (χ3n) is 3.20. The number of Topliss-reactive ketones (excluding diaryl/α,β-unsaturated/α-hetero) is 1. The Labute approximate surface area is 116 Å². The largest absolute Gasteiger partial charge is 0.383 e. The van der Waals surface area contributed by atoms with Gasteiger partial charge in [0.1, 0.15) is 5.78 Å². The molecular formula is C11H14BrF4NO2. The fraction of sp³-hybridized carbons (Fsp3) is 0.818. The lowest BCUT2D eigenvalue weighted by Crippen LogP contribution is -2.53. The van der Waals surface area contributed by atoms with E-state index in [4.69, 9.17) is 0 Å². The summed E-state index contributed by atoms with van der Waals surface area (Å²) in [5, 5.41) is 1.95. The molecule has 1 aliphatic carbocycles. The monoisotopic (exact) mass is 347 g/mol. The van der Waals surface area contributed by atoms with Gasteiger partial charge in [0.05, 0.1) is 5.33 Å². The predicted molar refractivity (Wildman–Crippen MR) is 63.6 cm³/mol. The number of hydrogen-bond acceptors (Lipinski definition) is 2. The lowest BCUT2D eigenvalue weighted by atomic mass is 9.82. The second kappa shape index (κ2) is 6.67. The van der Waals surface area contributed by atoms with Crippen molar-refractivity contribution in [1.29, 1.82) is 0 Å². The number of carbonyl (C=O) groups is 2. The quantitative estimate of drug-likeness (QED) is 0.613. The highest BCUT2D eigenvalue weighted by Gasteiger charge is 2.50. The lowest BCUT2D eigenvalue weighted by molar-refractivity contribution is -0.170. The van der Waals surface area contributed by atoms with Crippen molar-refractivity contribution in [2.75, 3.05) is 5.33 Å². The summed E-state index contributed by atoms with van der Waals surface area (Å²) in [4.78, 5) is 22.8. The lowest BCUT2D eigenvalue weighted by Gasteiger charge is -2.31. The van der Waals surface area contributed by atoms with Crippen molar-refractivity contribution in [2.24, 2.45) is 5.92 Å². The predicted octanol–water partition coefficient (Wildman–Crippen LogP) is 2.53. The maximum atomic E-state index is 12.8. The Morgan fingerprint density at radius 2 is 1.84 bits per heavy atom. The van der Waals surface area contributed by atoms with E-state index >= 15 is 0 Å². The third kappa shape index (κ3) is 3.90. The van der Waals surface area contributed by atoms with E-state index < -0.39 is 30.2 Å². The fourth-order valence-electron chi connectivity index (χ4n) is 2.15. The highest BCUT2D eigenvalue weighted by molar-refractivity contribution is 9.09. The summed E-state index contributed by atoms with van der Waals surface area (Å²) in [5.74, 6) is -7.54. The van der Waals surface area contributed by atoms with Crippen LogP contribution < -0.4 is 5.32 Å². The molecule has 0 aromatic rings. The number of hydrogen-bond donors (Lipinski definition) is 1. The summed E-state index contributed by atoms with van der Waals surface area (Å²) in [5.41, 5.74) is 0. The molecule has 19 heavy (non-hydrogen) atoms. The molecule has 0 aliphatic heterocycles. The molecule has 1 saturated carbocycles. The van der Waals surface area contributed by atoms with Crippen molar-refractivity contribution in [2.45, 2.75) is 44.1 Å². The molecule has 0 saturated heterocycles. The van der Waals surface area contributed by atoms with E-state index in [0.717, 1.165) is 6.42 Å². The topological polar surface area (TPSA) is 46.2 Å². The summed E-state index contributed by atoms with van der Waals surface area (Å²) < 4.78 is 49.8. The van der Waals surface area contributed by atoms with Gasteiger partial charge in [-0.05, 0) is 12.8 Å². The Morgan fingerprint density at radius 1 is 1.26 bits per heavy atom. The second-order valence-corrected chi connectivity index (χ2v) is 5.06. The minimum Gasteiger partial charge on any atom is -0.347 e. The molecule has 1 amide bonds. The molecule has 0 bridgehead atoms. The minimum absolute atomic E-state index is 0.0509. The molecule has 2 atom stereocenters. The first-order chi connectivity index (χ1) is 8.80. The van der Waals surface area contributed by atoms with Crippen molar-refractivity contribution in [1.82, 2.24) is 5.32 Å². The summed E-state index contributed by atoms with van der Waals surface area (Å²) in [7, 11) is 0. The zero-order chi connectivity index (χ0) is 14.6. The minimum atomic E-state index is -4.72. The average molecular weight is 348 g/mol. The first-order valence-electron chi connectivity index (χ1n) is 5.86. The molecule has 110 valence electrons. The average Bonchev–Trinajstić information content (AvgIpc) is 2.38. The van der Waals surface area contributed by atoms with Crippen LogP contribution in [0.3, 0.4) is 0 Å². The summed E-state index contributed by atoms with van der Waals surface area (Å²) >= 11 is 2.98. The maximum Gasteiger partial charge on any atom is 0.383 e. The van der Waals surface area contributed by atoms with Gasteiger partial charge in [-0.15, -0.1) is 0 Å². The molecule has 0 heterocycles. The van der Waals surface area contributed by atoms with Crippen molar-refractivity contribution in [3.05, 3.63) is 0 Å². The smallest absolute Gasteiger partial charge is 0.347 e. The Morgan fingerprint density at radius 3 is 2.37 bits per heavy atom. The number of carbonyl (C=O) groups excluding carboxylic acids is 2. The van der Waals surface area contributed by atoms with Crippen molar-refractivity contribution in [3.8, 4) is 0 Å². The number of rotatable bonds is 5. The molecule has 8 heteroatoms. The number of nitrogens with one attached hydrogen (secondary N) is 1. The molecule has 0 spiro atoms. The van der Waals surface area contributed by atoms with Gasteiger partial charge in [0.2, 0.25) is 0 Å². The molecule has 0 aromatic heterocycles. The highest BCUT2D eigenvalue weighted by atomic mass is 79.9. The Balaban J connectivity index is 2.73. The first kappa shape index (κ1) is 16.4. The molecule has 1 N–H and O–H groups in total. The van der Waals surface area contributed by atoms with Gasteiger partial charge in [-0.2, -0.15) is 8.78 Å². The zero-order valence-electron chi connectivity index (χ0n) is 9.97. The number of alkyl halides is 5. The first-order valence-corrected chi connectivity index (χ1v) is 6.98. The van der Waals surface area contributed by atoms with Gasteiger partial charge < -0.3 is 5.32 Å². The van der Waals surface area contributed by atoms with Crippen LogP contribution in [0.15, 0.2) is 0 Å². The zero-order valence-corrected chi connectivity index (χ0v) is 11.6. The van der Waals surface area contributed by atoms with Crippen LogP contribution in [-0.4, -0.2) is 35.4 Å². The van der Waals surface area contributed by atoms with E-state index in [2.05, 4.69) is 15.9 Å². The van der Waals surface area contributed by atoms with Crippen LogP contribution in [0.4, 0.5) is 17.6 Å².